The molecule has 0 atom stereocenters. The van der Waals surface area contributed by atoms with Gasteiger partial charge in [0.1, 0.15) is 0 Å². The van der Waals surface area contributed by atoms with Crippen molar-refractivity contribution in [3.05, 3.63) is 0 Å². The number of aliphatic hydroxyl groups excluding tert-OH is 1. The Bertz CT molecular complexity index is 151. The smallest absolute Gasteiger partial charge is 0.355 e. The Morgan fingerprint density at radius 2 is 1.60 bits per heavy atom. The molecule has 3 N–H and O–H groups in total. The molecular formula is C4H5FO5. The summed E-state index contributed by atoms with van der Waals surface area (Å²) in [7, 11) is 0. The van der Waals surface area contributed by atoms with Gasteiger partial charge in [-0.1, -0.05) is 0 Å². The molecular weight excluding hydrogens is 147 g/mol. The Balaban J connectivity index is 4.55. The average Bonchev–Trinajstić information content (AvgIpc) is 1.85. The third kappa shape index (κ3) is 1.21. The van der Waals surface area contributed by atoms with Crippen molar-refractivity contribution in [3.8, 4) is 0 Å². The number of aliphatic hydroxyl groups is 1. The van der Waals surface area contributed by atoms with Crippen LogP contribution in [0.1, 0.15) is 0 Å². The lowest BCUT2D eigenvalue weighted by Gasteiger charge is -2.10. The molecule has 0 amide bonds. The average molecular weight is 152 g/mol. The van der Waals surface area contributed by atoms with Crippen molar-refractivity contribution < 1.29 is 29.3 Å². The van der Waals surface area contributed by atoms with E-state index in [-0.39, 0.29) is 0 Å². The van der Waals surface area contributed by atoms with Crippen LogP contribution in [0.5, 0.6) is 0 Å². The number of alkyl halides is 1. The summed E-state index contributed by atoms with van der Waals surface area (Å²) in [5.74, 6) is -4.41. The number of aliphatic carboxylic acids is 2. The first-order valence-electron chi connectivity index (χ1n) is 2.21. The molecule has 6 heteroatoms. The fourth-order valence-electron chi connectivity index (χ4n) is 0.227. The Labute approximate surface area is 54.7 Å². The molecule has 0 fully saturated rings. The number of carboxylic acid groups (broad SMARTS) is 2. The predicted molar refractivity (Wildman–Crippen MR) is 26.2 cm³/mol. The lowest BCUT2D eigenvalue weighted by molar-refractivity contribution is -0.170. The third-order valence-corrected chi connectivity index (χ3v) is 0.896. The lowest BCUT2D eigenvalue weighted by Crippen LogP contribution is -2.45. The van der Waals surface area contributed by atoms with E-state index >= 15 is 0 Å². The van der Waals surface area contributed by atoms with E-state index in [1.54, 1.807) is 0 Å². The predicted octanol–water partition coefficient (Wildman–Crippen LogP) is -1.14. The Morgan fingerprint density at radius 3 is 1.60 bits per heavy atom. The van der Waals surface area contributed by atoms with E-state index in [1.165, 1.54) is 0 Å². The summed E-state index contributed by atoms with van der Waals surface area (Å²) >= 11 is 0. The zero-order valence-corrected chi connectivity index (χ0v) is 4.74. The van der Waals surface area contributed by atoms with Gasteiger partial charge in [-0.05, 0) is 0 Å². The van der Waals surface area contributed by atoms with Gasteiger partial charge < -0.3 is 15.3 Å². The number of hydrogen-bond donors (Lipinski definition) is 3. The van der Waals surface area contributed by atoms with Crippen LogP contribution in [0.15, 0.2) is 0 Å². The highest BCUT2D eigenvalue weighted by molar-refractivity contribution is 6.01. The molecule has 0 aromatic rings. The molecule has 0 radical (unpaired) electrons. The molecule has 0 saturated carbocycles. The van der Waals surface area contributed by atoms with E-state index in [9.17, 15) is 14.0 Å². The quantitative estimate of drug-likeness (QED) is 0.444. The van der Waals surface area contributed by atoms with Crippen molar-refractivity contribution in [1.29, 1.82) is 0 Å². The summed E-state index contributed by atoms with van der Waals surface area (Å²) in [6.45, 7) is -1.57. The van der Waals surface area contributed by atoms with Gasteiger partial charge in [0, 0.05) is 0 Å². The van der Waals surface area contributed by atoms with E-state index in [4.69, 9.17) is 15.3 Å². The number of carbonyl (C=O) groups is 2. The Morgan fingerprint density at radius 1 is 1.30 bits per heavy atom. The minimum absolute atomic E-state index is 1.57. The second-order valence-electron chi connectivity index (χ2n) is 1.57. The maximum absolute atomic E-state index is 12.3. The van der Waals surface area contributed by atoms with Crippen LogP contribution >= 0.6 is 0 Å². The molecule has 0 aliphatic carbocycles. The molecule has 5 nitrogen and oxygen atoms in total. The summed E-state index contributed by atoms with van der Waals surface area (Å²) in [6, 6.07) is 0. The fourth-order valence-corrected chi connectivity index (χ4v) is 0.227. The van der Waals surface area contributed by atoms with Gasteiger partial charge in [-0.15, -0.1) is 0 Å². The molecule has 0 heterocycles. The molecule has 0 saturated heterocycles. The van der Waals surface area contributed by atoms with Crippen molar-refractivity contribution >= 4 is 11.9 Å². The maximum Gasteiger partial charge on any atom is 0.355 e. The third-order valence-electron chi connectivity index (χ3n) is 0.896. The number of rotatable bonds is 3. The standard InChI is InChI=1S/C4H5FO5/c5-4(1-6,2(7)8)3(9)10/h6H,1H2,(H,7,8)(H,9,10). The van der Waals surface area contributed by atoms with Crippen LogP contribution in [0.4, 0.5) is 4.39 Å². The monoisotopic (exact) mass is 152 g/mol. The normalized spacial score (nSPS) is 11.0. The minimum atomic E-state index is -3.57. The summed E-state index contributed by atoms with van der Waals surface area (Å²) in [5.41, 5.74) is -3.57. The lowest BCUT2D eigenvalue weighted by atomic mass is 10.1. The van der Waals surface area contributed by atoms with E-state index < -0.39 is 24.2 Å². The number of carboxylic acids is 2. The van der Waals surface area contributed by atoms with Gasteiger partial charge >= 0.3 is 17.6 Å². The maximum atomic E-state index is 12.3. The highest BCUT2D eigenvalue weighted by atomic mass is 19.1. The molecule has 10 heavy (non-hydrogen) atoms. The SMILES string of the molecule is O=C(O)C(F)(CO)C(=O)O. The van der Waals surface area contributed by atoms with Gasteiger partial charge in [0.15, 0.2) is 0 Å². The van der Waals surface area contributed by atoms with Crippen molar-refractivity contribution in [2.45, 2.75) is 5.67 Å². The first-order chi connectivity index (χ1) is 4.45. The van der Waals surface area contributed by atoms with Crippen molar-refractivity contribution in [3.63, 3.8) is 0 Å². The summed E-state index contributed by atoms with van der Waals surface area (Å²) in [5, 5.41) is 23.8. The second kappa shape index (κ2) is 2.61. The van der Waals surface area contributed by atoms with Crippen molar-refractivity contribution in [2.24, 2.45) is 0 Å². The Kier molecular flexibility index (Phi) is 2.30. The molecule has 0 bridgehead atoms. The summed E-state index contributed by atoms with van der Waals surface area (Å²) in [4.78, 5) is 19.6. The van der Waals surface area contributed by atoms with Crippen LogP contribution in [0.25, 0.3) is 0 Å². The molecule has 0 rings (SSSR count). The van der Waals surface area contributed by atoms with Crippen molar-refractivity contribution in [1.82, 2.24) is 0 Å². The van der Waals surface area contributed by atoms with E-state index in [2.05, 4.69) is 0 Å². The van der Waals surface area contributed by atoms with Gasteiger partial charge in [0.25, 0.3) is 0 Å². The van der Waals surface area contributed by atoms with Crippen LogP contribution in [0.2, 0.25) is 0 Å². The fraction of sp³-hybridized carbons (Fsp3) is 0.500. The first kappa shape index (κ1) is 8.83. The Hall–Kier alpha value is -1.17. The first-order valence-corrected chi connectivity index (χ1v) is 2.21. The molecule has 0 aromatic heterocycles. The largest absolute Gasteiger partial charge is 0.478 e. The highest BCUT2D eigenvalue weighted by Gasteiger charge is 2.46. The molecule has 0 spiro atoms. The van der Waals surface area contributed by atoms with Gasteiger partial charge in [-0.3, -0.25) is 0 Å². The minimum Gasteiger partial charge on any atom is -0.478 e. The van der Waals surface area contributed by atoms with Crippen LogP contribution in [0.3, 0.4) is 0 Å². The highest BCUT2D eigenvalue weighted by Crippen LogP contribution is 2.09. The topological polar surface area (TPSA) is 94.8 Å². The zero-order chi connectivity index (χ0) is 8.36. The zero-order valence-electron chi connectivity index (χ0n) is 4.74. The van der Waals surface area contributed by atoms with Crippen LogP contribution < -0.4 is 0 Å². The van der Waals surface area contributed by atoms with Gasteiger partial charge in [-0.2, -0.15) is 0 Å². The summed E-state index contributed by atoms with van der Waals surface area (Å²) in [6.07, 6.45) is 0. The molecule has 0 aliphatic rings. The van der Waals surface area contributed by atoms with Crippen LogP contribution in [-0.4, -0.2) is 39.5 Å². The van der Waals surface area contributed by atoms with Gasteiger partial charge in [0.2, 0.25) is 0 Å². The summed E-state index contributed by atoms with van der Waals surface area (Å²) < 4.78 is 12.3. The van der Waals surface area contributed by atoms with E-state index in [0.29, 0.717) is 0 Å². The molecule has 58 valence electrons. The molecule has 0 unspecified atom stereocenters. The van der Waals surface area contributed by atoms with Crippen LogP contribution in [-0.2, 0) is 9.59 Å². The van der Waals surface area contributed by atoms with Gasteiger partial charge in [0.05, 0.1) is 6.61 Å². The molecule has 0 aromatic carbocycles. The number of halogens is 1. The van der Waals surface area contributed by atoms with Gasteiger partial charge in [-0.25, -0.2) is 14.0 Å². The molecule has 0 aliphatic heterocycles. The van der Waals surface area contributed by atoms with E-state index in [1.807, 2.05) is 0 Å². The number of hydrogen-bond acceptors (Lipinski definition) is 3. The van der Waals surface area contributed by atoms with E-state index in [0.717, 1.165) is 0 Å². The second-order valence-corrected chi connectivity index (χ2v) is 1.57. The van der Waals surface area contributed by atoms with Crippen LogP contribution in [0, 0.1) is 0 Å². The van der Waals surface area contributed by atoms with Crippen molar-refractivity contribution in [2.75, 3.05) is 6.61 Å².